The molecule has 7 heteroatoms. The number of likely N-dealkylation sites (tertiary alicyclic amines) is 1. The molecule has 2 aromatic carbocycles. The Bertz CT molecular complexity index is 920. The van der Waals surface area contributed by atoms with Crippen LogP contribution in [-0.4, -0.2) is 61.0 Å². The number of benzene rings is 2. The molecule has 0 atom stereocenters. The van der Waals surface area contributed by atoms with Gasteiger partial charge in [-0.2, -0.15) is 0 Å². The SMILES string of the molecule is O=C(NCc1cccc(CN2CCOCC2)c1)C1CCN(C(=O)c2ccc(F)cc2)CC1. The van der Waals surface area contributed by atoms with Gasteiger partial charge in [0.15, 0.2) is 0 Å². The largest absolute Gasteiger partial charge is 0.379 e. The van der Waals surface area contributed by atoms with Gasteiger partial charge in [0.1, 0.15) is 5.82 Å². The molecule has 6 nitrogen and oxygen atoms in total. The molecule has 2 aliphatic heterocycles. The highest BCUT2D eigenvalue weighted by Crippen LogP contribution is 2.20. The lowest BCUT2D eigenvalue weighted by molar-refractivity contribution is -0.126. The van der Waals surface area contributed by atoms with E-state index < -0.39 is 0 Å². The summed E-state index contributed by atoms with van der Waals surface area (Å²) in [5.74, 6) is -0.522. The fourth-order valence-electron chi connectivity index (χ4n) is 4.31. The minimum atomic E-state index is -0.358. The van der Waals surface area contributed by atoms with Crippen molar-refractivity contribution in [1.82, 2.24) is 15.1 Å². The zero-order chi connectivity index (χ0) is 22.3. The van der Waals surface area contributed by atoms with Crippen molar-refractivity contribution in [2.75, 3.05) is 39.4 Å². The highest BCUT2D eigenvalue weighted by atomic mass is 19.1. The van der Waals surface area contributed by atoms with Gasteiger partial charge in [0.2, 0.25) is 5.91 Å². The van der Waals surface area contributed by atoms with Crippen LogP contribution in [0, 0.1) is 11.7 Å². The standard InChI is InChI=1S/C25H30FN3O3/c26-23-6-4-22(5-7-23)25(31)29-10-8-21(9-11-29)24(30)27-17-19-2-1-3-20(16-19)18-28-12-14-32-15-13-28/h1-7,16,21H,8-15,17-18H2,(H,27,30). The Kier molecular flexibility index (Phi) is 7.50. The molecule has 2 fully saturated rings. The Balaban J connectivity index is 1.23. The molecule has 2 aromatic rings. The lowest BCUT2D eigenvalue weighted by Crippen LogP contribution is -2.42. The monoisotopic (exact) mass is 439 g/mol. The van der Waals surface area contributed by atoms with E-state index in [0.717, 1.165) is 38.4 Å². The summed E-state index contributed by atoms with van der Waals surface area (Å²) in [6.45, 7) is 5.92. The molecule has 32 heavy (non-hydrogen) atoms. The number of hydrogen-bond acceptors (Lipinski definition) is 4. The maximum Gasteiger partial charge on any atom is 0.253 e. The molecule has 4 rings (SSSR count). The molecular formula is C25H30FN3O3. The molecule has 0 aromatic heterocycles. The van der Waals surface area contributed by atoms with Gasteiger partial charge >= 0.3 is 0 Å². The van der Waals surface area contributed by atoms with E-state index in [9.17, 15) is 14.0 Å². The molecule has 2 aliphatic rings. The number of morpholine rings is 1. The van der Waals surface area contributed by atoms with Crippen molar-refractivity contribution in [3.8, 4) is 0 Å². The van der Waals surface area contributed by atoms with Gasteiger partial charge < -0.3 is 15.0 Å². The lowest BCUT2D eigenvalue weighted by atomic mass is 9.95. The number of piperidine rings is 1. The molecule has 0 saturated carbocycles. The predicted octanol–water partition coefficient (Wildman–Crippen LogP) is 2.83. The third kappa shape index (κ3) is 5.93. The van der Waals surface area contributed by atoms with Crippen LogP contribution in [0.4, 0.5) is 4.39 Å². The molecule has 170 valence electrons. The van der Waals surface area contributed by atoms with Crippen molar-refractivity contribution in [3.05, 3.63) is 71.0 Å². The molecule has 2 heterocycles. The van der Waals surface area contributed by atoms with E-state index in [1.165, 1.54) is 29.8 Å². The number of ether oxygens (including phenoxy) is 1. The molecular weight excluding hydrogens is 409 g/mol. The summed E-state index contributed by atoms with van der Waals surface area (Å²) < 4.78 is 18.5. The van der Waals surface area contributed by atoms with Gasteiger partial charge in [-0.25, -0.2) is 4.39 Å². The van der Waals surface area contributed by atoms with E-state index in [-0.39, 0.29) is 23.5 Å². The summed E-state index contributed by atoms with van der Waals surface area (Å²) in [5, 5.41) is 3.06. The van der Waals surface area contributed by atoms with Gasteiger partial charge in [0.25, 0.3) is 5.91 Å². The Hall–Kier alpha value is -2.77. The van der Waals surface area contributed by atoms with E-state index in [1.807, 2.05) is 12.1 Å². The van der Waals surface area contributed by atoms with E-state index in [4.69, 9.17) is 4.74 Å². The van der Waals surface area contributed by atoms with Crippen molar-refractivity contribution in [3.63, 3.8) is 0 Å². The number of hydrogen-bond donors (Lipinski definition) is 1. The normalized spacial score (nSPS) is 17.8. The van der Waals surface area contributed by atoms with Crippen LogP contribution in [-0.2, 0) is 22.6 Å². The number of carbonyl (C=O) groups is 2. The Morgan fingerprint density at radius 1 is 0.969 bits per heavy atom. The summed E-state index contributed by atoms with van der Waals surface area (Å²) >= 11 is 0. The second kappa shape index (κ2) is 10.7. The van der Waals surface area contributed by atoms with Crippen LogP contribution in [0.15, 0.2) is 48.5 Å². The van der Waals surface area contributed by atoms with E-state index in [1.54, 1.807) is 4.90 Å². The Labute approximate surface area is 188 Å². The van der Waals surface area contributed by atoms with Gasteiger partial charge in [-0.1, -0.05) is 24.3 Å². The minimum Gasteiger partial charge on any atom is -0.379 e. The molecule has 2 amide bonds. The minimum absolute atomic E-state index is 0.0393. The fraction of sp³-hybridized carbons (Fsp3) is 0.440. The molecule has 0 unspecified atom stereocenters. The van der Waals surface area contributed by atoms with Crippen molar-refractivity contribution >= 4 is 11.8 Å². The average Bonchev–Trinajstić information content (AvgIpc) is 2.83. The average molecular weight is 440 g/mol. The van der Waals surface area contributed by atoms with Crippen LogP contribution < -0.4 is 5.32 Å². The highest BCUT2D eigenvalue weighted by molar-refractivity contribution is 5.94. The second-order valence-corrected chi connectivity index (χ2v) is 8.50. The number of carbonyl (C=O) groups excluding carboxylic acids is 2. The quantitative estimate of drug-likeness (QED) is 0.752. The van der Waals surface area contributed by atoms with Gasteiger partial charge in [-0.3, -0.25) is 14.5 Å². The summed E-state index contributed by atoms with van der Waals surface area (Å²) in [6.07, 6.45) is 1.27. The zero-order valence-corrected chi connectivity index (χ0v) is 18.3. The first-order valence-corrected chi connectivity index (χ1v) is 11.3. The van der Waals surface area contributed by atoms with Gasteiger partial charge in [0.05, 0.1) is 13.2 Å². The van der Waals surface area contributed by atoms with Crippen molar-refractivity contribution in [2.45, 2.75) is 25.9 Å². The van der Waals surface area contributed by atoms with Crippen LogP contribution in [0.1, 0.15) is 34.3 Å². The fourth-order valence-corrected chi connectivity index (χ4v) is 4.31. The topological polar surface area (TPSA) is 61.9 Å². The second-order valence-electron chi connectivity index (χ2n) is 8.50. The van der Waals surface area contributed by atoms with Crippen molar-refractivity contribution in [1.29, 1.82) is 0 Å². The third-order valence-electron chi connectivity index (χ3n) is 6.21. The first kappa shape index (κ1) is 22.4. The van der Waals surface area contributed by atoms with Crippen LogP contribution in [0.3, 0.4) is 0 Å². The summed E-state index contributed by atoms with van der Waals surface area (Å²) in [5.41, 5.74) is 2.81. The first-order valence-electron chi connectivity index (χ1n) is 11.3. The van der Waals surface area contributed by atoms with Crippen molar-refractivity contribution < 1.29 is 18.7 Å². The van der Waals surface area contributed by atoms with Crippen LogP contribution in [0.25, 0.3) is 0 Å². The van der Waals surface area contributed by atoms with Gasteiger partial charge in [0, 0.05) is 50.7 Å². The Morgan fingerprint density at radius 2 is 1.66 bits per heavy atom. The van der Waals surface area contributed by atoms with E-state index in [0.29, 0.717) is 38.0 Å². The lowest BCUT2D eigenvalue weighted by Gasteiger charge is -2.31. The number of amides is 2. The number of nitrogens with one attached hydrogen (secondary N) is 1. The predicted molar refractivity (Wildman–Crippen MR) is 119 cm³/mol. The number of nitrogens with zero attached hydrogens (tertiary/aromatic N) is 2. The molecule has 0 spiro atoms. The maximum atomic E-state index is 13.1. The molecule has 2 saturated heterocycles. The molecule has 0 bridgehead atoms. The van der Waals surface area contributed by atoms with Crippen LogP contribution in [0.2, 0.25) is 0 Å². The number of halogens is 1. The van der Waals surface area contributed by atoms with Gasteiger partial charge in [-0.15, -0.1) is 0 Å². The Morgan fingerprint density at radius 3 is 2.38 bits per heavy atom. The number of rotatable bonds is 6. The maximum absolute atomic E-state index is 13.1. The van der Waals surface area contributed by atoms with E-state index >= 15 is 0 Å². The third-order valence-corrected chi connectivity index (χ3v) is 6.21. The molecule has 1 N–H and O–H groups in total. The van der Waals surface area contributed by atoms with Crippen LogP contribution >= 0.6 is 0 Å². The first-order chi connectivity index (χ1) is 15.6. The van der Waals surface area contributed by atoms with Crippen molar-refractivity contribution in [2.24, 2.45) is 5.92 Å². The smallest absolute Gasteiger partial charge is 0.253 e. The van der Waals surface area contributed by atoms with Crippen LogP contribution in [0.5, 0.6) is 0 Å². The van der Waals surface area contributed by atoms with Gasteiger partial charge in [-0.05, 0) is 48.2 Å². The summed E-state index contributed by atoms with van der Waals surface area (Å²) in [7, 11) is 0. The summed E-state index contributed by atoms with van der Waals surface area (Å²) in [6, 6.07) is 13.9. The zero-order valence-electron chi connectivity index (χ0n) is 18.3. The molecule has 0 aliphatic carbocycles. The summed E-state index contributed by atoms with van der Waals surface area (Å²) in [4.78, 5) is 29.4. The molecule has 0 radical (unpaired) electrons. The highest BCUT2D eigenvalue weighted by Gasteiger charge is 2.27. The van der Waals surface area contributed by atoms with E-state index in [2.05, 4.69) is 22.3 Å².